The lowest BCUT2D eigenvalue weighted by molar-refractivity contribution is -0.344. The first kappa shape index (κ1) is 29.2. The van der Waals surface area contributed by atoms with Crippen LogP contribution in [0.5, 0.6) is 0 Å². The molecule has 4 unspecified atom stereocenters. The SMILES string of the molecule is CCCCO[C@@H]1OC(CO)[C@@H](O)C(O[C@@H]2OC(CO)[C@H](O)C(O)[C@@H]2O)[C@@H]1NC(=O)C(Cl)(Cl)Cl. The highest BCUT2D eigenvalue weighted by atomic mass is 35.6. The molecule has 1 amide bonds. The summed E-state index contributed by atoms with van der Waals surface area (Å²) in [5, 5.41) is 62.4. The van der Waals surface area contributed by atoms with Crippen LogP contribution in [0.15, 0.2) is 0 Å². The molecule has 2 heterocycles. The van der Waals surface area contributed by atoms with Crippen molar-refractivity contribution >= 4 is 40.7 Å². The zero-order valence-electron chi connectivity index (χ0n) is 17.7. The van der Waals surface area contributed by atoms with Crippen molar-refractivity contribution < 1.29 is 54.4 Å². The summed E-state index contributed by atoms with van der Waals surface area (Å²) in [6.45, 7) is 0.728. The van der Waals surface area contributed by atoms with Crippen LogP contribution in [0.2, 0.25) is 0 Å². The molecule has 2 aliphatic rings. The van der Waals surface area contributed by atoms with Crippen LogP contribution in [0.3, 0.4) is 0 Å². The molecular weight excluding hydrogens is 513 g/mol. The van der Waals surface area contributed by atoms with E-state index in [2.05, 4.69) is 5.32 Å². The van der Waals surface area contributed by atoms with E-state index < -0.39 is 84.3 Å². The van der Waals surface area contributed by atoms with E-state index in [9.17, 15) is 35.4 Å². The number of hydrogen-bond donors (Lipinski definition) is 7. The second-order valence-electron chi connectivity index (χ2n) is 7.74. The Bertz CT molecular complexity index is 626. The highest BCUT2D eigenvalue weighted by molar-refractivity contribution is 6.76. The number of ether oxygens (including phenoxy) is 4. The van der Waals surface area contributed by atoms with E-state index in [1.54, 1.807) is 0 Å². The van der Waals surface area contributed by atoms with Crippen LogP contribution in [0.25, 0.3) is 0 Å². The third-order valence-corrected chi connectivity index (χ3v) is 5.84. The van der Waals surface area contributed by atoms with Crippen molar-refractivity contribution in [3.63, 3.8) is 0 Å². The molecule has 0 aliphatic carbocycles. The van der Waals surface area contributed by atoms with Crippen LogP contribution < -0.4 is 5.32 Å². The minimum atomic E-state index is -2.39. The number of rotatable bonds is 9. The van der Waals surface area contributed by atoms with Gasteiger partial charge in [0.05, 0.1) is 13.2 Å². The quantitative estimate of drug-likeness (QED) is 0.125. The van der Waals surface area contributed by atoms with Gasteiger partial charge in [0.15, 0.2) is 12.6 Å². The summed E-state index contributed by atoms with van der Waals surface area (Å²) in [5.74, 6) is -1.10. The monoisotopic (exact) mass is 541 g/mol. The molecule has 15 heteroatoms. The van der Waals surface area contributed by atoms with Gasteiger partial charge in [-0.1, -0.05) is 48.1 Å². The normalized spacial score (nSPS) is 39.9. The lowest BCUT2D eigenvalue weighted by atomic mass is 9.95. The van der Waals surface area contributed by atoms with Gasteiger partial charge in [-0.25, -0.2) is 0 Å². The summed E-state index contributed by atoms with van der Waals surface area (Å²) in [5.41, 5.74) is 0. The van der Waals surface area contributed by atoms with Crippen LogP contribution >= 0.6 is 34.8 Å². The maximum absolute atomic E-state index is 12.4. The van der Waals surface area contributed by atoms with E-state index in [1.165, 1.54) is 0 Å². The zero-order chi connectivity index (χ0) is 24.9. The number of hydrogen-bond acceptors (Lipinski definition) is 11. The fourth-order valence-corrected chi connectivity index (χ4v) is 3.60. The van der Waals surface area contributed by atoms with Gasteiger partial charge in [0.1, 0.15) is 48.8 Å². The molecule has 10 atom stereocenters. The fraction of sp³-hybridized carbons (Fsp3) is 0.944. The van der Waals surface area contributed by atoms with Crippen molar-refractivity contribution in [1.82, 2.24) is 5.32 Å². The molecule has 194 valence electrons. The average molecular weight is 543 g/mol. The van der Waals surface area contributed by atoms with E-state index in [1.807, 2.05) is 6.92 Å². The molecule has 0 aromatic carbocycles. The first-order chi connectivity index (χ1) is 15.5. The second-order valence-corrected chi connectivity index (χ2v) is 10.0. The van der Waals surface area contributed by atoms with Crippen molar-refractivity contribution in [3.05, 3.63) is 0 Å². The van der Waals surface area contributed by atoms with E-state index in [0.717, 1.165) is 6.42 Å². The van der Waals surface area contributed by atoms with Crippen molar-refractivity contribution in [2.24, 2.45) is 0 Å². The van der Waals surface area contributed by atoms with Crippen molar-refractivity contribution in [2.75, 3.05) is 19.8 Å². The lowest BCUT2D eigenvalue weighted by Gasteiger charge is -2.47. The molecule has 2 saturated heterocycles. The summed E-state index contributed by atoms with van der Waals surface area (Å²) in [6, 6.07) is -1.32. The Balaban J connectivity index is 2.33. The van der Waals surface area contributed by atoms with Crippen LogP contribution in [0, 0.1) is 0 Å². The van der Waals surface area contributed by atoms with Gasteiger partial charge in [-0.05, 0) is 6.42 Å². The van der Waals surface area contributed by atoms with Gasteiger partial charge in [0.2, 0.25) is 0 Å². The number of carbonyl (C=O) groups excluding carboxylic acids is 1. The van der Waals surface area contributed by atoms with Crippen molar-refractivity contribution in [1.29, 1.82) is 0 Å². The Morgan fingerprint density at radius 2 is 1.52 bits per heavy atom. The highest BCUT2D eigenvalue weighted by Gasteiger charge is 2.52. The number of amides is 1. The molecule has 2 aliphatic heterocycles. The van der Waals surface area contributed by atoms with Crippen LogP contribution in [0.4, 0.5) is 0 Å². The van der Waals surface area contributed by atoms with E-state index in [-0.39, 0.29) is 6.61 Å². The molecule has 0 spiro atoms. The van der Waals surface area contributed by atoms with Gasteiger partial charge >= 0.3 is 0 Å². The maximum atomic E-state index is 12.4. The van der Waals surface area contributed by atoms with Gasteiger partial charge in [-0.3, -0.25) is 4.79 Å². The molecule has 0 saturated carbocycles. The largest absolute Gasteiger partial charge is 0.394 e. The molecule has 2 rings (SSSR count). The topological polar surface area (TPSA) is 187 Å². The number of aliphatic hydroxyl groups excluding tert-OH is 6. The first-order valence-corrected chi connectivity index (χ1v) is 11.5. The van der Waals surface area contributed by atoms with E-state index >= 15 is 0 Å². The van der Waals surface area contributed by atoms with Crippen LogP contribution in [-0.4, -0.2) is 122 Å². The number of aliphatic hydroxyl groups is 6. The Hall–Kier alpha value is -0.0600. The molecule has 0 aromatic rings. The number of carbonyl (C=O) groups is 1. The summed E-state index contributed by atoms with van der Waals surface area (Å²) >= 11 is 16.9. The third-order valence-electron chi connectivity index (χ3n) is 5.33. The average Bonchev–Trinajstić information content (AvgIpc) is 2.76. The van der Waals surface area contributed by atoms with Crippen LogP contribution in [-0.2, 0) is 23.7 Å². The van der Waals surface area contributed by atoms with Crippen LogP contribution in [0.1, 0.15) is 19.8 Å². The Morgan fingerprint density at radius 3 is 2.06 bits per heavy atom. The Kier molecular flexibility index (Phi) is 11.3. The number of alkyl halides is 3. The van der Waals surface area contributed by atoms with Gasteiger partial charge < -0.3 is 54.9 Å². The summed E-state index contributed by atoms with van der Waals surface area (Å²) < 4.78 is 19.8. The number of halogens is 3. The summed E-state index contributed by atoms with van der Waals surface area (Å²) in [7, 11) is 0. The lowest BCUT2D eigenvalue weighted by Crippen LogP contribution is -2.68. The molecule has 33 heavy (non-hydrogen) atoms. The molecule has 2 fully saturated rings. The zero-order valence-corrected chi connectivity index (χ0v) is 19.9. The molecule has 0 radical (unpaired) electrons. The predicted octanol–water partition coefficient (Wildman–Crippen LogP) is -2.08. The number of nitrogens with one attached hydrogen (secondary N) is 1. The molecule has 12 nitrogen and oxygen atoms in total. The second kappa shape index (κ2) is 12.8. The maximum Gasteiger partial charge on any atom is 0.272 e. The Labute approximate surface area is 205 Å². The summed E-state index contributed by atoms with van der Waals surface area (Å²) in [6.07, 6.45) is -12.3. The minimum absolute atomic E-state index is 0.183. The standard InChI is InChI=1S/C18H30Cl3NO11/c1-2-3-4-30-15-9(22-17(29)18(19,20)21)14(11(26)8(6-24)31-15)33-16-13(28)12(27)10(25)7(5-23)32-16/h7-16,23-28H,2-6H2,1H3,(H,22,29)/t7?,8?,9-,10-,11+,12?,13-,14?,15+,16-/m0/s1. The Morgan fingerprint density at radius 1 is 0.939 bits per heavy atom. The first-order valence-electron chi connectivity index (χ1n) is 10.4. The minimum Gasteiger partial charge on any atom is -0.394 e. The third kappa shape index (κ3) is 7.23. The predicted molar refractivity (Wildman–Crippen MR) is 113 cm³/mol. The smallest absolute Gasteiger partial charge is 0.272 e. The molecule has 7 N–H and O–H groups in total. The van der Waals surface area contributed by atoms with E-state index in [0.29, 0.717) is 6.42 Å². The van der Waals surface area contributed by atoms with E-state index in [4.69, 9.17) is 53.8 Å². The van der Waals surface area contributed by atoms with Crippen molar-refractivity contribution in [3.8, 4) is 0 Å². The molecule has 0 bridgehead atoms. The highest BCUT2D eigenvalue weighted by Crippen LogP contribution is 2.32. The number of unbranched alkanes of at least 4 members (excludes halogenated alkanes) is 1. The molecule has 0 aromatic heterocycles. The van der Waals surface area contributed by atoms with Crippen molar-refractivity contribution in [2.45, 2.75) is 84.9 Å². The molecular formula is C18H30Cl3NO11. The van der Waals surface area contributed by atoms with Gasteiger partial charge in [0, 0.05) is 6.61 Å². The van der Waals surface area contributed by atoms with Gasteiger partial charge in [0.25, 0.3) is 9.70 Å². The van der Waals surface area contributed by atoms with Gasteiger partial charge in [-0.15, -0.1) is 0 Å². The summed E-state index contributed by atoms with van der Waals surface area (Å²) in [4.78, 5) is 12.4. The fourth-order valence-electron chi connectivity index (χ4n) is 3.44. The van der Waals surface area contributed by atoms with Gasteiger partial charge in [-0.2, -0.15) is 0 Å².